The third-order valence-electron chi connectivity index (χ3n) is 6.21. The molecule has 0 aliphatic rings. The van der Waals surface area contributed by atoms with E-state index in [-0.39, 0.29) is 0 Å². The molecule has 0 saturated heterocycles. The van der Waals surface area contributed by atoms with Gasteiger partial charge in [-0.25, -0.2) is 0 Å². The van der Waals surface area contributed by atoms with Crippen molar-refractivity contribution in [2.45, 2.75) is 90.9 Å². The van der Waals surface area contributed by atoms with E-state index in [1.807, 2.05) is 0 Å². The van der Waals surface area contributed by atoms with Gasteiger partial charge in [0.25, 0.3) is 0 Å². The van der Waals surface area contributed by atoms with Crippen LogP contribution in [0.2, 0.25) is 0 Å². The number of hydrogen-bond acceptors (Lipinski definition) is 1. The maximum absolute atomic E-state index is 2.33. The van der Waals surface area contributed by atoms with Crippen LogP contribution in [0.15, 0.2) is 73.1 Å². The Balaban J connectivity index is 1.60. The normalized spacial score (nSPS) is 11.7. The highest BCUT2D eigenvalue weighted by molar-refractivity contribution is 5.51. The van der Waals surface area contributed by atoms with Gasteiger partial charge in [0.05, 0.1) is 0 Å². The molecule has 0 radical (unpaired) electrons. The molecule has 0 spiro atoms. The second-order valence-electron chi connectivity index (χ2n) is 9.76. The van der Waals surface area contributed by atoms with Crippen LogP contribution >= 0.6 is 0 Å². The number of unbranched alkanes of at least 4 members (excludes halogenated alkanes) is 10. The molecule has 0 aliphatic carbocycles. The fourth-order valence-electron chi connectivity index (χ4n) is 4.13. The lowest BCUT2D eigenvalue weighted by Crippen LogP contribution is -2.11. The zero-order chi connectivity index (χ0) is 23.4. The first-order valence-corrected chi connectivity index (χ1v) is 13.5. The highest BCUT2D eigenvalue weighted by atomic mass is 15.1. The van der Waals surface area contributed by atoms with Crippen LogP contribution in [-0.2, 0) is 0 Å². The summed E-state index contributed by atoms with van der Waals surface area (Å²) in [7, 11) is 0. The third kappa shape index (κ3) is 14.5. The topological polar surface area (TPSA) is 3.24 Å². The van der Waals surface area contributed by atoms with E-state index in [4.69, 9.17) is 0 Å². The summed E-state index contributed by atoms with van der Waals surface area (Å²) < 4.78 is 0. The van der Waals surface area contributed by atoms with E-state index in [9.17, 15) is 0 Å². The molecule has 0 atom stereocenters. The van der Waals surface area contributed by atoms with Crippen molar-refractivity contribution in [3.63, 3.8) is 0 Å². The SMILES string of the molecule is CC(C)CCCCCCCCCCCCCN(C=Cc1ccccc1)C=Cc1ccccc1. The molecule has 0 heterocycles. The van der Waals surface area contributed by atoms with Gasteiger partial charge in [-0.3, -0.25) is 0 Å². The van der Waals surface area contributed by atoms with Crippen molar-refractivity contribution in [2.75, 3.05) is 6.54 Å². The van der Waals surface area contributed by atoms with Crippen LogP contribution in [0.3, 0.4) is 0 Å². The number of rotatable bonds is 18. The van der Waals surface area contributed by atoms with Crippen LogP contribution < -0.4 is 0 Å². The number of hydrogen-bond donors (Lipinski definition) is 0. The van der Waals surface area contributed by atoms with E-state index in [1.165, 1.54) is 88.2 Å². The molecule has 0 aliphatic heterocycles. The summed E-state index contributed by atoms with van der Waals surface area (Å²) in [5.74, 6) is 0.872. The van der Waals surface area contributed by atoms with Crippen molar-refractivity contribution < 1.29 is 0 Å². The average Bonchev–Trinajstić information content (AvgIpc) is 2.84. The van der Waals surface area contributed by atoms with Gasteiger partial charge in [-0.1, -0.05) is 145 Å². The summed E-state index contributed by atoms with van der Waals surface area (Å²) in [6.07, 6.45) is 25.6. The first kappa shape index (κ1) is 27.0. The Morgan fingerprint density at radius 2 is 0.939 bits per heavy atom. The van der Waals surface area contributed by atoms with Crippen molar-refractivity contribution in [2.24, 2.45) is 5.92 Å². The van der Waals surface area contributed by atoms with Crippen molar-refractivity contribution in [3.8, 4) is 0 Å². The Kier molecular flexibility index (Phi) is 14.9. The summed E-state index contributed by atoms with van der Waals surface area (Å²) in [6.45, 7) is 5.74. The molecule has 33 heavy (non-hydrogen) atoms. The number of benzene rings is 2. The van der Waals surface area contributed by atoms with Crippen molar-refractivity contribution in [1.29, 1.82) is 0 Å². The average molecular weight is 446 g/mol. The predicted molar refractivity (Wildman–Crippen MR) is 148 cm³/mol. The fraction of sp³-hybridized carbons (Fsp3) is 0.500. The van der Waals surface area contributed by atoms with Gasteiger partial charge < -0.3 is 4.90 Å². The van der Waals surface area contributed by atoms with Crippen LogP contribution in [-0.4, -0.2) is 11.4 Å². The van der Waals surface area contributed by atoms with Gasteiger partial charge in [0.2, 0.25) is 0 Å². The van der Waals surface area contributed by atoms with Gasteiger partial charge >= 0.3 is 0 Å². The minimum Gasteiger partial charge on any atom is -0.354 e. The molecular weight excluding hydrogens is 398 g/mol. The maximum atomic E-state index is 2.33. The third-order valence-corrected chi connectivity index (χ3v) is 6.21. The molecule has 2 aromatic carbocycles. The molecule has 0 saturated carbocycles. The lowest BCUT2D eigenvalue weighted by Gasteiger charge is -2.15. The fourth-order valence-corrected chi connectivity index (χ4v) is 4.13. The smallest absolute Gasteiger partial charge is 0.0219 e. The van der Waals surface area contributed by atoms with E-state index in [1.54, 1.807) is 0 Å². The summed E-state index contributed by atoms with van der Waals surface area (Å²) in [4.78, 5) is 2.33. The first-order valence-electron chi connectivity index (χ1n) is 13.5. The zero-order valence-electron chi connectivity index (χ0n) is 21.3. The van der Waals surface area contributed by atoms with Crippen LogP contribution in [0.25, 0.3) is 12.2 Å². The molecule has 0 fully saturated rings. The Hall–Kier alpha value is -2.28. The largest absolute Gasteiger partial charge is 0.354 e. The van der Waals surface area contributed by atoms with Crippen LogP contribution in [0.1, 0.15) is 102 Å². The summed E-state index contributed by atoms with van der Waals surface area (Å²) >= 11 is 0. The van der Waals surface area contributed by atoms with E-state index in [2.05, 4.69) is 104 Å². The molecule has 1 heteroatoms. The summed E-state index contributed by atoms with van der Waals surface area (Å²) in [5, 5.41) is 0. The number of nitrogens with zero attached hydrogens (tertiary/aromatic N) is 1. The standard InChI is InChI=1S/C32H47N/c1-30(2)20-14-10-8-6-4-3-5-7-9-11-19-27-33(28-25-31-21-15-12-16-22-31)29-26-32-23-17-13-18-24-32/h12-13,15-18,21-26,28-30H,3-11,14,19-20,27H2,1-2H3. The molecule has 0 amide bonds. The molecule has 0 unspecified atom stereocenters. The Labute approximate surface area is 204 Å². The van der Waals surface area contributed by atoms with Gasteiger partial charge in [-0.2, -0.15) is 0 Å². The second kappa shape index (κ2) is 18.2. The van der Waals surface area contributed by atoms with Crippen LogP contribution in [0.4, 0.5) is 0 Å². The van der Waals surface area contributed by atoms with Gasteiger partial charge in [-0.05, 0) is 35.6 Å². The predicted octanol–water partition coefficient (Wildman–Crippen LogP) is 9.97. The van der Waals surface area contributed by atoms with Gasteiger partial charge in [0.1, 0.15) is 0 Å². The Morgan fingerprint density at radius 1 is 0.545 bits per heavy atom. The van der Waals surface area contributed by atoms with Crippen LogP contribution in [0, 0.1) is 5.92 Å². The van der Waals surface area contributed by atoms with Gasteiger partial charge in [0, 0.05) is 18.9 Å². The van der Waals surface area contributed by atoms with Crippen molar-refractivity contribution in [3.05, 3.63) is 84.2 Å². The lowest BCUT2D eigenvalue weighted by molar-refractivity contribution is 0.466. The van der Waals surface area contributed by atoms with Crippen molar-refractivity contribution in [1.82, 2.24) is 4.90 Å². The molecule has 0 aromatic heterocycles. The maximum Gasteiger partial charge on any atom is 0.0219 e. The molecule has 0 N–H and O–H groups in total. The molecule has 0 bridgehead atoms. The van der Waals surface area contributed by atoms with Gasteiger partial charge in [-0.15, -0.1) is 0 Å². The minimum atomic E-state index is 0.872. The van der Waals surface area contributed by atoms with E-state index >= 15 is 0 Å². The zero-order valence-corrected chi connectivity index (χ0v) is 21.3. The summed E-state index contributed by atoms with van der Waals surface area (Å²) in [6, 6.07) is 21.1. The van der Waals surface area contributed by atoms with Gasteiger partial charge in [0.15, 0.2) is 0 Å². The highest BCUT2D eigenvalue weighted by Crippen LogP contribution is 2.14. The molecule has 1 nitrogen and oxygen atoms in total. The minimum absolute atomic E-state index is 0.872. The lowest BCUT2D eigenvalue weighted by atomic mass is 10.0. The Bertz CT molecular complexity index is 695. The molecule has 2 aromatic rings. The first-order chi connectivity index (χ1) is 16.2. The molecule has 2 rings (SSSR count). The summed E-state index contributed by atoms with van der Waals surface area (Å²) in [5.41, 5.74) is 2.49. The van der Waals surface area contributed by atoms with Crippen molar-refractivity contribution >= 4 is 12.2 Å². The Morgan fingerprint density at radius 3 is 1.36 bits per heavy atom. The molecular formula is C32H47N. The van der Waals surface area contributed by atoms with E-state index in [0.29, 0.717) is 0 Å². The van der Waals surface area contributed by atoms with Crippen LogP contribution in [0.5, 0.6) is 0 Å². The molecule has 180 valence electrons. The van der Waals surface area contributed by atoms with E-state index < -0.39 is 0 Å². The monoisotopic (exact) mass is 445 g/mol. The second-order valence-corrected chi connectivity index (χ2v) is 9.76. The highest BCUT2D eigenvalue weighted by Gasteiger charge is 1.98. The van der Waals surface area contributed by atoms with E-state index in [0.717, 1.165) is 12.5 Å². The quantitative estimate of drug-likeness (QED) is 0.206.